The molecule has 3 fully saturated rings. The van der Waals surface area contributed by atoms with Gasteiger partial charge in [0, 0.05) is 25.7 Å². The molecule has 0 bridgehead atoms. The van der Waals surface area contributed by atoms with Gasteiger partial charge in [0.2, 0.25) is 11.8 Å². The SMILES string of the molecule is O=C1C(NS(=O)(=O)c2cnc(Cl)s2)CCCN1CC(=O)N1CCCC1CN1CCCC1. The van der Waals surface area contributed by atoms with Gasteiger partial charge in [-0.3, -0.25) is 9.59 Å². The van der Waals surface area contributed by atoms with Crippen LogP contribution in [-0.2, 0) is 19.6 Å². The summed E-state index contributed by atoms with van der Waals surface area (Å²) in [4.78, 5) is 35.5. The molecular formula is C19H28ClN5O4S2. The van der Waals surface area contributed by atoms with E-state index < -0.39 is 16.1 Å². The molecule has 0 aliphatic carbocycles. The maximum Gasteiger partial charge on any atom is 0.252 e. The van der Waals surface area contributed by atoms with Gasteiger partial charge in [0.1, 0.15) is 6.04 Å². The summed E-state index contributed by atoms with van der Waals surface area (Å²) in [5.41, 5.74) is 0. The van der Waals surface area contributed by atoms with Crippen molar-refractivity contribution in [2.75, 3.05) is 39.3 Å². The van der Waals surface area contributed by atoms with Crippen molar-refractivity contribution in [3.05, 3.63) is 10.7 Å². The number of carbonyl (C=O) groups is 2. The first-order valence-electron chi connectivity index (χ1n) is 10.8. The fraction of sp³-hybridized carbons (Fsp3) is 0.737. The monoisotopic (exact) mass is 489 g/mol. The first-order chi connectivity index (χ1) is 14.8. The highest BCUT2D eigenvalue weighted by atomic mass is 35.5. The van der Waals surface area contributed by atoms with Crippen LogP contribution in [0.3, 0.4) is 0 Å². The predicted molar refractivity (Wildman–Crippen MR) is 117 cm³/mol. The molecule has 0 aromatic carbocycles. The van der Waals surface area contributed by atoms with E-state index in [4.69, 9.17) is 11.6 Å². The number of aromatic nitrogens is 1. The smallest absolute Gasteiger partial charge is 0.252 e. The highest BCUT2D eigenvalue weighted by Gasteiger charge is 2.36. The molecule has 1 aromatic rings. The van der Waals surface area contributed by atoms with Crippen molar-refractivity contribution in [1.82, 2.24) is 24.4 Å². The van der Waals surface area contributed by atoms with Crippen LogP contribution in [0.2, 0.25) is 4.47 Å². The summed E-state index contributed by atoms with van der Waals surface area (Å²) >= 11 is 6.58. The second kappa shape index (κ2) is 9.70. The lowest BCUT2D eigenvalue weighted by atomic mass is 10.1. The van der Waals surface area contributed by atoms with Crippen LogP contribution in [0.5, 0.6) is 0 Å². The fourth-order valence-electron chi connectivity index (χ4n) is 4.69. The van der Waals surface area contributed by atoms with Crippen molar-refractivity contribution in [2.45, 2.75) is 54.8 Å². The first-order valence-corrected chi connectivity index (χ1v) is 13.5. The van der Waals surface area contributed by atoms with E-state index >= 15 is 0 Å². The predicted octanol–water partition coefficient (Wildman–Crippen LogP) is 1.15. The molecule has 172 valence electrons. The third-order valence-electron chi connectivity index (χ3n) is 6.24. The van der Waals surface area contributed by atoms with E-state index in [1.54, 1.807) is 0 Å². The van der Waals surface area contributed by atoms with Gasteiger partial charge in [-0.2, -0.15) is 4.72 Å². The zero-order chi connectivity index (χ0) is 22.0. The van der Waals surface area contributed by atoms with E-state index in [1.807, 2.05) is 4.90 Å². The lowest BCUT2D eigenvalue weighted by Crippen LogP contribution is -2.55. The summed E-state index contributed by atoms with van der Waals surface area (Å²) in [6.07, 6.45) is 6.62. The van der Waals surface area contributed by atoms with Crippen molar-refractivity contribution in [2.24, 2.45) is 0 Å². The third kappa shape index (κ3) is 5.39. The number of nitrogens with zero attached hydrogens (tertiary/aromatic N) is 4. The van der Waals surface area contributed by atoms with Crippen molar-refractivity contribution < 1.29 is 18.0 Å². The Morgan fingerprint density at radius 3 is 2.61 bits per heavy atom. The zero-order valence-electron chi connectivity index (χ0n) is 17.3. The number of hydrogen-bond donors (Lipinski definition) is 1. The van der Waals surface area contributed by atoms with Gasteiger partial charge in [-0.05, 0) is 51.6 Å². The largest absolute Gasteiger partial charge is 0.337 e. The molecule has 2 unspecified atom stereocenters. The molecule has 0 radical (unpaired) electrons. The molecule has 2 amide bonds. The van der Waals surface area contributed by atoms with Crippen LogP contribution in [0, 0.1) is 0 Å². The minimum atomic E-state index is -3.89. The van der Waals surface area contributed by atoms with Crippen molar-refractivity contribution in [3.8, 4) is 0 Å². The lowest BCUT2D eigenvalue weighted by Gasteiger charge is -2.34. The molecule has 12 heteroatoms. The Bertz CT molecular complexity index is 918. The van der Waals surface area contributed by atoms with Crippen LogP contribution < -0.4 is 4.72 Å². The Hall–Kier alpha value is -1.27. The molecule has 3 saturated heterocycles. The van der Waals surface area contributed by atoms with E-state index in [1.165, 1.54) is 23.9 Å². The van der Waals surface area contributed by atoms with Crippen LogP contribution >= 0.6 is 22.9 Å². The highest BCUT2D eigenvalue weighted by molar-refractivity contribution is 7.91. The Morgan fingerprint density at radius 1 is 1.16 bits per heavy atom. The highest BCUT2D eigenvalue weighted by Crippen LogP contribution is 2.24. The molecule has 9 nitrogen and oxygen atoms in total. The Kier molecular flexibility index (Phi) is 7.17. The molecule has 31 heavy (non-hydrogen) atoms. The topological polar surface area (TPSA) is 103 Å². The van der Waals surface area contributed by atoms with Gasteiger partial charge < -0.3 is 14.7 Å². The molecular weight excluding hydrogens is 462 g/mol. The van der Waals surface area contributed by atoms with Crippen molar-refractivity contribution >= 4 is 44.8 Å². The van der Waals surface area contributed by atoms with E-state index in [2.05, 4.69) is 14.6 Å². The molecule has 3 aliphatic heterocycles. The number of rotatable bonds is 7. The molecule has 1 N–H and O–H groups in total. The summed E-state index contributed by atoms with van der Waals surface area (Å²) in [6, 6.07) is -0.678. The zero-order valence-corrected chi connectivity index (χ0v) is 19.7. The number of sulfonamides is 1. The van der Waals surface area contributed by atoms with E-state index in [-0.39, 0.29) is 33.1 Å². The van der Waals surface area contributed by atoms with Gasteiger partial charge in [0.15, 0.2) is 8.68 Å². The van der Waals surface area contributed by atoms with Crippen LogP contribution in [0.4, 0.5) is 0 Å². The molecule has 3 aliphatic rings. The number of carbonyl (C=O) groups excluding carboxylic acids is 2. The lowest BCUT2D eigenvalue weighted by molar-refractivity contribution is -0.143. The average molecular weight is 490 g/mol. The minimum absolute atomic E-state index is 0.0000529. The second-order valence-electron chi connectivity index (χ2n) is 8.40. The Morgan fingerprint density at radius 2 is 1.90 bits per heavy atom. The second-order valence-corrected chi connectivity index (χ2v) is 12.0. The maximum atomic E-state index is 13.0. The quantitative estimate of drug-likeness (QED) is 0.616. The minimum Gasteiger partial charge on any atom is -0.337 e. The molecule has 0 saturated carbocycles. The number of amides is 2. The van der Waals surface area contributed by atoms with Crippen LogP contribution in [-0.4, -0.2) is 91.3 Å². The summed E-state index contributed by atoms with van der Waals surface area (Å²) in [6.45, 7) is 4.27. The molecule has 1 aromatic heterocycles. The Labute approximate surface area is 191 Å². The van der Waals surface area contributed by atoms with Gasteiger partial charge in [-0.15, -0.1) is 0 Å². The molecule has 2 atom stereocenters. The van der Waals surface area contributed by atoms with Gasteiger partial charge in [0.05, 0.1) is 12.7 Å². The number of halogens is 1. The van der Waals surface area contributed by atoms with Crippen molar-refractivity contribution in [3.63, 3.8) is 0 Å². The number of likely N-dealkylation sites (tertiary alicyclic amines) is 3. The van der Waals surface area contributed by atoms with Gasteiger partial charge >= 0.3 is 0 Å². The van der Waals surface area contributed by atoms with E-state index in [0.717, 1.165) is 50.4 Å². The summed E-state index contributed by atoms with van der Waals surface area (Å²) in [5.74, 6) is -0.401. The number of thiazole rings is 1. The normalized spacial score (nSPS) is 25.5. The molecule has 4 heterocycles. The summed E-state index contributed by atoms with van der Waals surface area (Å²) in [7, 11) is -3.89. The summed E-state index contributed by atoms with van der Waals surface area (Å²) < 4.78 is 27.7. The van der Waals surface area contributed by atoms with Gasteiger partial charge in [-0.25, -0.2) is 13.4 Å². The Balaban J connectivity index is 1.36. The number of nitrogens with one attached hydrogen (secondary N) is 1. The summed E-state index contributed by atoms with van der Waals surface area (Å²) in [5, 5.41) is 0. The third-order valence-corrected chi connectivity index (χ3v) is 9.29. The average Bonchev–Trinajstić information content (AvgIpc) is 3.47. The maximum absolute atomic E-state index is 13.0. The van der Waals surface area contributed by atoms with Crippen molar-refractivity contribution in [1.29, 1.82) is 0 Å². The standard InChI is InChI=1S/C19H28ClN5O4S2/c20-19-21-11-17(30-19)31(28,29)22-15-6-4-9-24(18(15)27)13-16(26)25-10-3-5-14(25)12-23-7-1-2-8-23/h11,14-15,22H,1-10,12-13H2. The van der Waals surface area contributed by atoms with E-state index in [9.17, 15) is 18.0 Å². The van der Waals surface area contributed by atoms with Gasteiger partial charge in [-0.1, -0.05) is 22.9 Å². The molecule has 4 rings (SSSR count). The number of hydrogen-bond acceptors (Lipinski definition) is 7. The van der Waals surface area contributed by atoms with Crippen LogP contribution in [0.1, 0.15) is 38.5 Å². The first kappa shape index (κ1) is 22.9. The van der Waals surface area contributed by atoms with Crippen LogP contribution in [0.25, 0.3) is 0 Å². The fourth-order valence-corrected chi connectivity index (χ4v) is 7.22. The molecule has 0 spiro atoms. The number of piperidine rings is 1. The van der Waals surface area contributed by atoms with Crippen LogP contribution in [0.15, 0.2) is 10.4 Å². The van der Waals surface area contributed by atoms with E-state index in [0.29, 0.717) is 19.4 Å². The van der Waals surface area contributed by atoms with Gasteiger partial charge in [0.25, 0.3) is 10.0 Å².